The van der Waals surface area contributed by atoms with Gasteiger partial charge in [-0.3, -0.25) is 9.59 Å². The van der Waals surface area contributed by atoms with Crippen LogP contribution >= 0.6 is 23.4 Å². The Balaban J connectivity index is 1.37. The number of amidine groups is 1. The lowest BCUT2D eigenvalue weighted by Crippen LogP contribution is -2.25. The SMILES string of the molecule is COc1ccc(C2=NN(C3=NC(=O)[C@@H](CC(=O)Nc4ccccc4)S3)[C@H](c3cccc(Cl)c3)C2)cc1. The highest BCUT2D eigenvalue weighted by molar-refractivity contribution is 8.15. The van der Waals surface area contributed by atoms with E-state index in [1.807, 2.05) is 66.7 Å². The predicted octanol–water partition coefficient (Wildman–Crippen LogP) is 5.53. The van der Waals surface area contributed by atoms with Crippen molar-refractivity contribution in [1.29, 1.82) is 0 Å². The maximum atomic E-state index is 12.8. The van der Waals surface area contributed by atoms with E-state index in [2.05, 4.69) is 10.3 Å². The molecule has 2 heterocycles. The summed E-state index contributed by atoms with van der Waals surface area (Å²) >= 11 is 7.55. The van der Waals surface area contributed by atoms with E-state index < -0.39 is 5.25 Å². The van der Waals surface area contributed by atoms with Gasteiger partial charge in [0.25, 0.3) is 5.91 Å². The van der Waals surface area contributed by atoms with Crippen molar-refractivity contribution in [3.63, 3.8) is 0 Å². The molecule has 0 saturated heterocycles. The summed E-state index contributed by atoms with van der Waals surface area (Å²) in [5, 5.41) is 9.97. The van der Waals surface area contributed by atoms with E-state index in [0.717, 1.165) is 22.6 Å². The maximum absolute atomic E-state index is 12.8. The van der Waals surface area contributed by atoms with Crippen molar-refractivity contribution >= 4 is 51.7 Å². The van der Waals surface area contributed by atoms with Crippen LogP contribution in [0.15, 0.2) is 89.0 Å². The molecule has 2 amide bonds. The van der Waals surface area contributed by atoms with Gasteiger partial charge < -0.3 is 10.1 Å². The van der Waals surface area contributed by atoms with Crippen molar-refractivity contribution < 1.29 is 14.3 Å². The fourth-order valence-corrected chi connectivity index (χ4v) is 5.38. The van der Waals surface area contributed by atoms with E-state index in [9.17, 15) is 9.59 Å². The number of rotatable bonds is 6. The Hall–Kier alpha value is -3.62. The molecular formula is C27H23ClN4O3S. The first-order valence-corrected chi connectivity index (χ1v) is 12.7. The van der Waals surface area contributed by atoms with Gasteiger partial charge in [-0.2, -0.15) is 10.1 Å². The molecule has 0 bridgehead atoms. The zero-order valence-corrected chi connectivity index (χ0v) is 21.0. The molecule has 2 aliphatic heterocycles. The summed E-state index contributed by atoms with van der Waals surface area (Å²) in [6.07, 6.45) is 0.635. The van der Waals surface area contributed by atoms with Gasteiger partial charge in [0, 0.05) is 23.6 Å². The van der Waals surface area contributed by atoms with Crippen molar-refractivity contribution in [3.05, 3.63) is 95.0 Å². The molecule has 2 aliphatic rings. The van der Waals surface area contributed by atoms with Crippen LogP contribution in [0.2, 0.25) is 5.02 Å². The Labute approximate surface area is 218 Å². The van der Waals surface area contributed by atoms with Gasteiger partial charge in [-0.15, -0.1) is 0 Å². The van der Waals surface area contributed by atoms with Gasteiger partial charge in [-0.05, 0) is 59.7 Å². The van der Waals surface area contributed by atoms with Gasteiger partial charge in [0.05, 0.1) is 18.9 Å². The van der Waals surface area contributed by atoms with Gasteiger partial charge in [0.1, 0.15) is 11.0 Å². The number of hydrogen-bond acceptors (Lipinski definition) is 6. The molecular weight excluding hydrogens is 496 g/mol. The lowest BCUT2D eigenvalue weighted by atomic mass is 9.98. The standard InChI is InChI=1S/C27H23ClN4O3S/c1-35-21-12-10-17(11-13-21)22-15-23(18-6-5-7-19(28)14-18)32(31-22)27-30-26(34)24(36-27)16-25(33)29-20-8-3-2-4-9-20/h2-14,23-24H,15-16H2,1H3,(H,29,33)/t23-,24+/m0/s1. The van der Waals surface area contributed by atoms with Gasteiger partial charge in [0.15, 0.2) is 5.17 Å². The van der Waals surface area contributed by atoms with Crippen LogP contribution in [0.4, 0.5) is 5.69 Å². The van der Waals surface area contributed by atoms with Crippen LogP contribution in [-0.2, 0) is 9.59 Å². The number of nitrogens with one attached hydrogen (secondary N) is 1. The first-order chi connectivity index (χ1) is 17.5. The normalized spacial score (nSPS) is 19.2. The fourth-order valence-electron chi connectivity index (χ4n) is 4.12. The van der Waals surface area contributed by atoms with E-state index in [-0.39, 0.29) is 24.3 Å². The molecule has 0 aromatic heterocycles. The van der Waals surface area contributed by atoms with Gasteiger partial charge in [-0.25, -0.2) is 5.01 Å². The van der Waals surface area contributed by atoms with Crippen LogP contribution in [-0.4, -0.2) is 40.1 Å². The number of anilines is 1. The third-order valence-corrected chi connectivity index (χ3v) is 7.30. The van der Waals surface area contributed by atoms with Crippen molar-refractivity contribution in [1.82, 2.24) is 5.01 Å². The highest BCUT2D eigenvalue weighted by Crippen LogP contribution is 2.39. The summed E-state index contributed by atoms with van der Waals surface area (Å²) in [4.78, 5) is 29.6. The summed E-state index contributed by atoms with van der Waals surface area (Å²) in [5.74, 6) is 0.188. The third-order valence-electron chi connectivity index (χ3n) is 5.92. The number of nitrogens with zero attached hydrogens (tertiary/aromatic N) is 3. The van der Waals surface area contributed by atoms with E-state index in [1.165, 1.54) is 11.8 Å². The molecule has 182 valence electrons. The fraction of sp³-hybridized carbons (Fsp3) is 0.185. The molecule has 0 spiro atoms. The minimum absolute atomic E-state index is 0.0239. The summed E-state index contributed by atoms with van der Waals surface area (Å²) < 4.78 is 5.27. The largest absolute Gasteiger partial charge is 0.497 e. The molecule has 3 aromatic rings. The molecule has 0 unspecified atom stereocenters. The van der Waals surface area contributed by atoms with Gasteiger partial charge >= 0.3 is 0 Å². The summed E-state index contributed by atoms with van der Waals surface area (Å²) in [6, 6.07) is 24.3. The number of carbonyl (C=O) groups is 2. The first-order valence-electron chi connectivity index (χ1n) is 11.4. The smallest absolute Gasteiger partial charge is 0.262 e. The van der Waals surface area contributed by atoms with E-state index in [0.29, 0.717) is 22.3 Å². The minimum atomic E-state index is -0.607. The zero-order chi connectivity index (χ0) is 25.1. The molecule has 0 saturated carbocycles. The second kappa shape index (κ2) is 10.6. The summed E-state index contributed by atoms with van der Waals surface area (Å²) in [5.41, 5.74) is 3.48. The average molecular weight is 519 g/mol. The van der Waals surface area contributed by atoms with Gasteiger partial charge in [-0.1, -0.05) is 53.7 Å². The van der Waals surface area contributed by atoms with Crippen LogP contribution < -0.4 is 10.1 Å². The lowest BCUT2D eigenvalue weighted by Gasteiger charge is -2.23. The molecule has 7 nitrogen and oxygen atoms in total. The van der Waals surface area contributed by atoms with Crippen molar-refractivity contribution in [2.24, 2.45) is 10.1 Å². The second-order valence-corrected chi connectivity index (χ2v) is 9.96. The third kappa shape index (κ3) is 5.29. The van der Waals surface area contributed by atoms with Gasteiger partial charge in [0.2, 0.25) is 5.91 Å². The van der Waals surface area contributed by atoms with Crippen LogP contribution in [0.1, 0.15) is 30.0 Å². The number of para-hydroxylation sites is 1. The maximum Gasteiger partial charge on any atom is 0.262 e. The number of ether oxygens (including phenoxy) is 1. The number of thioether (sulfide) groups is 1. The van der Waals surface area contributed by atoms with Crippen LogP contribution in [0, 0.1) is 0 Å². The molecule has 0 radical (unpaired) electrons. The van der Waals surface area contributed by atoms with Crippen molar-refractivity contribution in [2.75, 3.05) is 12.4 Å². The van der Waals surface area contributed by atoms with E-state index >= 15 is 0 Å². The van der Waals surface area contributed by atoms with Crippen LogP contribution in [0.3, 0.4) is 0 Å². The second-order valence-electron chi connectivity index (χ2n) is 8.35. The Kier molecular flexibility index (Phi) is 7.06. The van der Waals surface area contributed by atoms with Crippen LogP contribution in [0.25, 0.3) is 0 Å². The quantitative estimate of drug-likeness (QED) is 0.464. The number of amides is 2. The number of methoxy groups -OCH3 is 1. The number of hydrogen-bond donors (Lipinski definition) is 1. The number of aliphatic imine (C=N–C) groups is 1. The number of carbonyl (C=O) groups excluding carboxylic acids is 2. The summed E-state index contributed by atoms with van der Waals surface area (Å²) in [6.45, 7) is 0. The highest BCUT2D eigenvalue weighted by Gasteiger charge is 2.39. The molecule has 0 aliphatic carbocycles. The Morgan fingerprint density at radius 1 is 1.11 bits per heavy atom. The zero-order valence-electron chi connectivity index (χ0n) is 19.4. The molecule has 0 fully saturated rings. The number of halogens is 1. The predicted molar refractivity (Wildman–Crippen MR) is 144 cm³/mol. The molecule has 2 atom stereocenters. The molecule has 9 heteroatoms. The first kappa shape index (κ1) is 24.1. The number of hydrazone groups is 1. The Morgan fingerprint density at radius 3 is 2.61 bits per heavy atom. The molecule has 3 aromatic carbocycles. The Morgan fingerprint density at radius 2 is 1.89 bits per heavy atom. The van der Waals surface area contributed by atoms with E-state index in [4.69, 9.17) is 21.4 Å². The minimum Gasteiger partial charge on any atom is -0.497 e. The topological polar surface area (TPSA) is 83.4 Å². The van der Waals surface area contributed by atoms with Crippen molar-refractivity contribution in [3.8, 4) is 5.75 Å². The monoisotopic (exact) mass is 518 g/mol. The summed E-state index contributed by atoms with van der Waals surface area (Å²) in [7, 11) is 1.63. The van der Waals surface area contributed by atoms with Crippen molar-refractivity contribution in [2.45, 2.75) is 24.1 Å². The molecule has 1 N–H and O–H groups in total. The van der Waals surface area contributed by atoms with Crippen LogP contribution in [0.5, 0.6) is 5.75 Å². The molecule has 5 rings (SSSR count). The lowest BCUT2D eigenvalue weighted by molar-refractivity contribution is -0.121. The molecule has 36 heavy (non-hydrogen) atoms. The average Bonchev–Trinajstić information content (AvgIpc) is 3.49. The highest BCUT2D eigenvalue weighted by atomic mass is 35.5. The Bertz CT molecular complexity index is 1340. The van der Waals surface area contributed by atoms with E-state index in [1.54, 1.807) is 24.3 Å². The number of benzene rings is 3.